The van der Waals surface area contributed by atoms with Crippen LogP contribution in [0.15, 0.2) is 30.6 Å². The number of nitrogens with one attached hydrogen (secondary N) is 2. The number of nitrogens with zero attached hydrogens (tertiary/aromatic N) is 3. The summed E-state index contributed by atoms with van der Waals surface area (Å²) in [5.41, 5.74) is 3.47. The number of aromatic nitrogens is 2. The molecule has 0 bridgehead atoms. The Labute approximate surface area is 161 Å². The molecule has 27 heavy (non-hydrogen) atoms. The lowest BCUT2D eigenvalue weighted by molar-refractivity contribution is 0.102. The summed E-state index contributed by atoms with van der Waals surface area (Å²) in [5, 5.41) is 6.30. The van der Waals surface area contributed by atoms with E-state index < -0.39 is 0 Å². The fraction of sp³-hybridized carbons (Fsp3) is 0.476. The zero-order valence-electron chi connectivity index (χ0n) is 16.5. The summed E-state index contributed by atoms with van der Waals surface area (Å²) in [6, 6.07) is 6.56. The molecule has 1 fully saturated rings. The summed E-state index contributed by atoms with van der Waals surface area (Å²) in [5.74, 6) is 0.402. The van der Waals surface area contributed by atoms with Crippen LogP contribution in [0.25, 0.3) is 0 Å². The maximum absolute atomic E-state index is 12.5. The van der Waals surface area contributed by atoms with Gasteiger partial charge in [-0.3, -0.25) is 4.79 Å². The smallest absolute Gasteiger partial charge is 0.258 e. The Kier molecular flexibility index (Phi) is 6.27. The largest absolute Gasteiger partial charge is 0.372 e. The van der Waals surface area contributed by atoms with Gasteiger partial charge in [0.1, 0.15) is 0 Å². The number of carbonyl (C=O) groups excluding carboxylic acids is 1. The van der Waals surface area contributed by atoms with Gasteiger partial charge < -0.3 is 15.5 Å². The van der Waals surface area contributed by atoms with Crippen LogP contribution in [0.1, 0.15) is 55.5 Å². The third kappa shape index (κ3) is 4.76. The number of rotatable bonds is 7. The Bertz CT molecular complexity index is 765. The summed E-state index contributed by atoms with van der Waals surface area (Å²) in [4.78, 5) is 23.4. The van der Waals surface area contributed by atoms with Crippen LogP contribution < -0.4 is 15.5 Å². The second-order valence-corrected chi connectivity index (χ2v) is 7.05. The topological polar surface area (TPSA) is 70.2 Å². The molecule has 144 valence electrons. The van der Waals surface area contributed by atoms with Crippen molar-refractivity contribution >= 4 is 23.2 Å². The number of benzene rings is 1. The van der Waals surface area contributed by atoms with Crippen molar-refractivity contribution in [1.29, 1.82) is 0 Å². The van der Waals surface area contributed by atoms with Crippen LogP contribution in [0.4, 0.5) is 17.3 Å². The molecule has 0 aliphatic heterocycles. The van der Waals surface area contributed by atoms with Crippen LogP contribution in [0.5, 0.6) is 0 Å². The first kappa shape index (κ1) is 19.1. The fourth-order valence-corrected chi connectivity index (χ4v) is 3.54. The highest BCUT2D eigenvalue weighted by molar-refractivity contribution is 6.04. The van der Waals surface area contributed by atoms with E-state index in [0.29, 0.717) is 17.6 Å². The number of amides is 1. The minimum absolute atomic E-state index is 0.193. The van der Waals surface area contributed by atoms with Gasteiger partial charge in [0.2, 0.25) is 5.95 Å². The van der Waals surface area contributed by atoms with Crippen molar-refractivity contribution in [1.82, 2.24) is 9.97 Å². The molecule has 0 spiro atoms. The summed E-state index contributed by atoms with van der Waals surface area (Å²) >= 11 is 0. The van der Waals surface area contributed by atoms with Crippen molar-refractivity contribution in [2.45, 2.75) is 52.5 Å². The van der Waals surface area contributed by atoms with Crippen molar-refractivity contribution in [2.75, 3.05) is 28.6 Å². The van der Waals surface area contributed by atoms with E-state index in [9.17, 15) is 4.79 Å². The summed E-state index contributed by atoms with van der Waals surface area (Å²) in [6.45, 7) is 8.20. The molecule has 1 saturated carbocycles. The van der Waals surface area contributed by atoms with E-state index in [1.165, 1.54) is 18.5 Å². The molecule has 1 aromatic carbocycles. The number of hydrogen-bond donors (Lipinski definition) is 2. The van der Waals surface area contributed by atoms with Crippen LogP contribution in [0.2, 0.25) is 0 Å². The molecule has 1 aromatic heterocycles. The van der Waals surface area contributed by atoms with Crippen LogP contribution >= 0.6 is 0 Å². The SMILES string of the molecule is CCN(CC)c1ccc(NC(=O)c2cnc(NC3CCCC3)nc2)c(C)c1. The lowest BCUT2D eigenvalue weighted by Gasteiger charge is -2.22. The minimum atomic E-state index is -0.193. The Morgan fingerprint density at radius 2 is 1.81 bits per heavy atom. The Hall–Kier alpha value is -2.63. The number of aryl methyl sites for hydroxylation is 1. The monoisotopic (exact) mass is 367 g/mol. The van der Waals surface area contributed by atoms with Gasteiger partial charge in [0, 0.05) is 42.9 Å². The zero-order chi connectivity index (χ0) is 19.2. The standard InChI is InChI=1S/C21H29N5O/c1-4-26(5-2)18-10-11-19(15(3)12-18)25-20(27)16-13-22-21(23-14-16)24-17-8-6-7-9-17/h10-14,17H,4-9H2,1-3H3,(H,25,27)(H,22,23,24). The third-order valence-corrected chi connectivity index (χ3v) is 5.19. The summed E-state index contributed by atoms with van der Waals surface area (Å²) in [7, 11) is 0. The third-order valence-electron chi connectivity index (χ3n) is 5.19. The van der Waals surface area contributed by atoms with E-state index in [-0.39, 0.29) is 5.91 Å². The van der Waals surface area contributed by atoms with Gasteiger partial charge in [-0.1, -0.05) is 12.8 Å². The number of hydrogen-bond acceptors (Lipinski definition) is 5. The highest BCUT2D eigenvalue weighted by atomic mass is 16.1. The molecule has 0 unspecified atom stereocenters. The van der Waals surface area contributed by atoms with Crippen molar-refractivity contribution in [3.8, 4) is 0 Å². The Morgan fingerprint density at radius 1 is 1.15 bits per heavy atom. The quantitative estimate of drug-likeness (QED) is 0.766. The molecule has 3 rings (SSSR count). The first-order valence-electron chi connectivity index (χ1n) is 9.86. The van der Waals surface area contributed by atoms with E-state index in [1.54, 1.807) is 12.4 Å². The molecule has 1 amide bonds. The van der Waals surface area contributed by atoms with Gasteiger partial charge in [0.25, 0.3) is 5.91 Å². The molecule has 0 radical (unpaired) electrons. The molecule has 1 aliphatic rings. The van der Waals surface area contributed by atoms with Crippen molar-refractivity contribution in [3.05, 3.63) is 41.7 Å². The highest BCUT2D eigenvalue weighted by Gasteiger charge is 2.16. The molecule has 1 aliphatic carbocycles. The Morgan fingerprint density at radius 3 is 2.41 bits per heavy atom. The van der Waals surface area contributed by atoms with Gasteiger partial charge in [-0.15, -0.1) is 0 Å². The molecule has 6 nitrogen and oxygen atoms in total. The van der Waals surface area contributed by atoms with Gasteiger partial charge in [0.15, 0.2) is 0 Å². The predicted octanol–water partition coefficient (Wildman–Crippen LogP) is 4.24. The molecule has 2 aromatic rings. The second-order valence-electron chi connectivity index (χ2n) is 7.05. The summed E-state index contributed by atoms with van der Waals surface area (Å²) < 4.78 is 0. The number of carbonyl (C=O) groups is 1. The lowest BCUT2D eigenvalue weighted by atomic mass is 10.1. The van der Waals surface area contributed by atoms with E-state index in [2.05, 4.69) is 45.4 Å². The maximum atomic E-state index is 12.5. The molecular formula is C21H29N5O. The maximum Gasteiger partial charge on any atom is 0.258 e. The molecule has 2 N–H and O–H groups in total. The Balaban J connectivity index is 1.64. The minimum Gasteiger partial charge on any atom is -0.372 e. The van der Waals surface area contributed by atoms with E-state index in [4.69, 9.17) is 0 Å². The van der Waals surface area contributed by atoms with E-state index in [1.807, 2.05) is 19.1 Å². The van der Waals surface area contributed by atoms with E-state index in [0.717, 1.165) is 37.2 Å². The average molecular weight is 367 g/mol. The summed E-state index contributed by atoms with van der Waals surface area (Å²) in [6.07, 6.45) is 8.00. The predicted molar refractivity (Wildman–Crippen MR) is 111 cm³/mol. The van der Waals surface area contributed by atoms with Gasteiger partial charge in [0.05, 0.1) is 5.56 Å². The van der Waals surface area contributed by atoms with Gasteiger partial charge in [-0.05, 0) is 57.4 Å². The molecule has 0 saturated heterocycles. The fourth-order valence-electron chi connectivity index (χ4n) is 3.54. The van der Waals surface area contributed by atoms with Gasteiger partial charge in [-0.25, -0.2) is 9.97 Å². The van der Waals surface area contributed by atoms with Crippen molar-refractivity contribution < 1.29 is 4.79 Å². The van der Waals surface area contributed by atoms with Crippen molar-refractivity contribution in [2.24, 2.45) is 0 Å². The zero-order valence-corrected chi connectivity index (χ0v) is 16.5. The molecule has 6 heteroatoms. The first-order chi connectivity index (χ1) is 13.1. The average Bonchev–Trinajstić information content (AvgIpc) is 3.18. The highest BCUT2D eigenvalue weighted by Crippen LogP contribution is 2.23. The van der Waals surface area contributed by atoms with Gasteiger partial charge >= 0.3 is 0 Å². The second kappa shape index (κ2) is 8.84. The van der Waals surface area contributed by atoms with Crippen molar-refractivity contribution in [3.63, 3.8) is 0 Å². The number of anilines is 3. The molecule has 1 heterocycles. The van der Waals surface area contributed by atoms with E-state index >= 15 is 0 Å². The molecule has 0 atom stereocenters. The van der Waals surface area contributed by atoms with Crippen LogP contribution in [0, 0.1) is 6.92 Å². The normalized spacial score (nSPS) is 14.2. The lowest BCUT2D eigenvalue weighted by Crippen LogP contribution is -2.22. The molecular weight excluding hydrogens is 338 g/mol. The first-order valence-corrected chi connectivity index (χ1v) is 9.86. The van der Waals surface area contributed by atoms with Gasteiger partial charge in [-0.2, -0.15) is 0 Å². The van der Waals surface area contributed by atoms with Crippen LogP contribution in [-0.4, -0.2) is 35.0 Å². The van der Waals surface area contributed by atoms with Crippen LogP contribution in [0.3, 0.4) is 0 Å². The van der Waals surface area contributed by atoms with Crippen LogP contribution in [-0.2, 0) is 0 Å².